The summed E-state index contributed by atoms with van der Waals surface area (Å²) in [6.07, 6.45) is 0. The molecule has 2 aromatic carbocycles. The molecule has 0 saturated heterocycles. The Kier molecular flexibility index (Phi) is 6.81. The molecule has 1 N–H and O–H groups in total. The molecule has 8 nitrogen and oxygen atoms in total. The van der Waals surface area contributed by atoms with Crippen LogP contribution in [-0.4, -0.2) is 53.5 Å². The maximum Gasteiger partial charge on any atom is 0.304 e. The molecule has 0 spiro atoms. The second-order valence-corrected chi connectivity index (χ2v) is 7.95. The topological polar surface area (TPSA) is 88.2 Å². The van der Waals surface area contributed by atoms with E-state index in [0.717, 1.165) is 20.7 Å². The predicted molar refractivity (Wildman–Crippen MR) is 105 cm³/mol. The van der Waals surface area contributed by atoms with Crippen molar-refractivity contribution < 1.29 is 27.1 Å². The number of anilines is 2. The van der Waals surface area contributed by atoms with E-state index in [9.17, 15) is 17.6 Å². The Balaban J connectivity index is 2.29. The molecule has 152 valence electrons. The van der Waals surface area contributed by atoms with Crippen LogP contribution in [0.15, 0.2) is 42.5 Å². The standard InChI is InChI=1S/C18H22FN3O5S/c1-21(2)28(24,25)22(14-7-5-13(19)6-8-14)12-18(23)20-16-10-9-15(26-3)11-17(16)27-4/h5-11H,12H2,1-4H3,(H,20,23). The maximum atomic E-state index is 13.2. The van der Waals surface area contributed by atoms with Gasteiger partial charge < -0.3 is 14.8 Å². The molecular weight excluding hydrogens is 389 g/mol. The van der Waals surface area contributed by atoms with E-state index in [1.165, 1.54) is 40.4 Å². The number of benzene rings is 2. The SMILES string of the molecule is COc1ccc(NC(=O)CN(c2ccc(F)cc2)S(=O)(=O)N(C)C)c(OC)c1. The molecule has 0 bridgehead atoms. The maximum absolute atomic E-state index is 13.2. The van der Waals surface area contributed by atoms with Crippen LogP contribution >= 0.6 is 0 Å². The lowest BCUT2D eigenvalue weighted by Gasteiger charge is -2.27. The van der Waals surface area contributed by atoms with Crippen molar-refractivity contribution in [2.45, 2.75) is 0 Å². The normalized spacial score (nSPS) is 11.2. The van der Waals surface area contributed by atoms with Crippen molar-refractivity contribution in [3.63, 3.8) is 0 Å². The van der Waals surface area contributed by atoms with Crippen LogP contribution in [0, 0.1) is 5.82 Å². The summed E-state index contributed by atoms with van der Waals surface area (Å²) < 4.78 is 50.7. The van der Waals surface area contributed by atoms with Crippen LogP contribution in [0.2, 0.25) is 0 Å². The Morgan fingerprint density at radius 3 is 2.25 bits per heavy atom. The lowest BCUT2D eigenvalue weighted by Crippen LogP contribution is -2.44. The summed E-state index contributed by atoms with van der Waals surface area (Å²) in [6, 6.07) is 9.62. The molecule has 10 heteroatoms. The molecular formula is C18H22FN3O5S. The highest BCUT2D eigenvalue weighted by Gasteiger charge is 2.27. The molecule has 0 aliphatic rings. The van der Waals surface area contributed by atoms with Crippen LogP contribution in [-0.2, 0) is 15.0 Å². The third kappa shape index (κ3) is 4.90. The summed E-state index contributed by atoms with van der Waals surface area (Å²) in [5.74, 6) is -0.217. The zero-order chi connectivity index (χ0) is 20.9. The van der Waals surface area contributed by atoms with Gasteiger partial charge >= 0.3 is 10.2 Å². The molecule has 2 aromatic rings. The quantitative estimate of drug-likeness (QED) is 0.719. The first-order chi connectivity index (χ1) is 13.2. The summed E-state index contributed by atoms with van der Waals surface area (Å²) in [5, 5.41) is 2.62. The van der Waals surface area contributed by atoms with Gasteiger partial charge in [0.15, 0.2) is 0 Å². The number of amides is 1. The second kappa shape index (κ2) is 8.89. The summed E-state index contributed by atoms with van der Waals surface area (Å²) in [7, 11) is 1.64. The highest BCUT2D eigenvalue weighted by molar-refractivity contribution is 7.90. The molecule has 0 aromatic heterocycles. The van der Waals surface area contributed by atoms with Crippen molar-refractivity contribution in [1.82, 2.24) is 4.31 Å². The fraction of sp³-hybridized carbons (Fsp3) is 0.278. The summed E-state index contributed by atoms with van der Waals surface area (Å²) in [5.41, 5.74) is 0.515. The van der Waals surface area contributed by atoms with Crippen molar-refractivity contribution in [3.05, 3.63) is 48.3 Å². The third-order valence-corrected chi connectivity index (χ3v) is 5.64. The Labute approximate surface area is 163 Å². The minimum atomic E-state index is -3.99. The summed E-state index contributed by atoms with van der Waals surface area (Å²) >= 11 is 0. The van der Waals surface area contributed by atoms with Crippen LogP contribution in [0.5, 0.6) is 11.5 Å². The van der Waals surface area contributed by atoms with Gasteiger partial charge in [0.25, 0.3) is 0 Å². The first-order valence-electron chi connectivity index (χ1n) is 8.16. The third-order valence-electron chi connectivity index (χ3n) is 3.82. The van der Waals surface area contributed by atoms with Gasteiger partial charge in [0.05, 0.1) is 25.6 Å². The number of carbonyl (C=O) groups is 1. The molecule has 1 amide bonds. The first-order valence-corrected chi connectivity index (χ1v) is 9.56. The van der Waals surface area contributed by atoms with Crippen LogP contribution in [0.3, 0.4) is 0 Å². The Morgan fingerprint density at radius 1 is 1.07 bits per heavy atom. The average Bonchev–Trinajstić information content (AvgIpc) is 2.67. The van der Waals surface area contributed by atoms with Gasteiger partial charge in [0, 0.05) is 20.2 Å². The number of rotatable bonds is 8. The lowest BCUT2D eigenvalue weighted by atomic mass is 10.2. The molecule has 0 aliphatic carbocycles. The van der Waals surface area contributed by atoms with Crippen molar-refractivity contribution >= 4 is 27.5 Å². The average molecular weight is 411 g/mol. The van der Waals surface area contributed by atoms with Crippen LogP contribution < -0.4 is 19.1 Å². The Hall–Kier alpha value is -2.85. The van der Waals surface area contributed by atoms with Crippen molar-refractivity contribution in [1.29, 1.82) is 0 Å². The molecule has 0 fully saturated rings. The van der Waals surface area contributed by atoms with E-state index in [0.29, 0.717) is 17.2 Å². The van der Waals surface area contributed by atoms with E-state index >= 15 is 0 Å². The molecule has 0 heterocycles. The van der Waals surface area contributed by atoms with Crippen LogP contribution in [0.4, 0.5) is 15.8 Å². The van der Waals surface area contributed by atoms with E-state index < -0.39 is 28.5 Å². The zero-order valence-corrected chi connectivity index (χ0v) is 16.8. The molecule has 0 atom stereocenters. The van der Waals surface area contributed by atoms with Crippen LogP contribution in [0.25, 0.3) is 0 Å². The zero-order valence-electron chi connectivity index (χ0n) is 16.0. The lowest BCUT2D eigenvalue weighted by molar-refractivity contribution is -0.114. The Morgan fingerprint density at radius 2 is 1.71 bits per heavy atom. The van der Waals surface area contributed by atoms with Crippen molar-refractivity contribution in [2.24, 2.45) is 0 Å². The number of nitrogens with zero attached hydrogens (tertiary/aromatic N) is 2. The number of halogens is 1. The smallest absolute Gasteiger partial charge is 0.304 e. The van der Waals surface area contributed by atoms with E-state index in [2.05, 4.69) is 5.32 Å². The molecule has 0 saturated carbocycles. The molecule has 0 radical (unpaired) electrons. The van der Waals surface area contributed by atoms with Gasteiger partial charge in [-0.25, -0.2) is 8.70 Å². The first kappa shape index (κ1) is 21.5. The number of hydrogen-bond donors (Lipinski definition) is 1. The monoisotopic (exact) mass is 411 g/mol. The van der Waals surface area contributed by atoms with Crippen molar-refractivity contribution in [2.75, 3.05) is 44.5 Å². The van der Waals surface area contributed by atoms with Gasteiger partial charge in [-0.2, -0.15) is 12.7 Å². The fourth-order valence-corrected chi connectivity index (χ4v) is 3.40. The predicted octanol–water partition coefficient (Wildman–Crippen LogP) is 2.09. The van der Waals surface area contributed by atoms with Crippen molar-refractivity contribution in [3.8, 4) is 11.5 Å². The number of methoxy groups -OCH3 is 2. The van der Waals surface area contributed by atoms with Gasteiger partial charge in [-0.1, -0.05) is 0 Å². The van der Waals surface area contributed by atoms with Gasteiger partial charge in [-0.05, 0) is 36.4 Å². The van der Waals surface area contributed by atoms with Gasteiger partial charge in [-0.3, -0.25) is 4.79 Å². The van der Waals surface area contributed by atoms with Gasteiger partial charge in [-0.15, -0.1) is 0 Å². The van der Waals surface area contributed by atoms with E-state index in [1.54, 1.807) is 18.2 Å². The summed E-state index contributed by atoms with van der Waals surface area (Å²) in [6.45, 7) is -0.513. The van der Waals surface area contributed by atoms with Gasteiger partial charge in [0.1, 0.15) is 23.9 Å². The fourth-order valence-electron chi connectivity index (χ4n) is 2.33. The minimum absolute atomic E-state index is 0.159. The highest BCUT2D eigenvalue weighted by atomic mass is 32.2. The number of nitrogens with one attached hydrogen (secondary N) is 1. The molecule has 0 aliphatic heterocycles. The largest absolute Gasteiger partial charge is 0.497 e. The highest BCUT2D eigenvalue weighted by Crippen LogP contribution is 2.29. The number of hydrogen-bond acceptors (Lipinski definition) is 5. The number of ether oxygens (including phenoxy) is 2. The molecule has 2 rings (SSSR count). The molecule has 0 unspecified atom stereocenters. The second-order valence-electron chi connectivity index (χ2n) is 5.89. The summed E-state index contributed by atoms with van der Waals surface area (Å²) in [4.78, 5) is 12.6. The van der Waals surface area contributed by atoms with Gasteiger partial charge in [0.2, 0.25) is 5.91 Å². The van der Waals surface area contributed by atoms with E-state index in [-0.39, 0.29) is 5.69 Å². The minimum Gasteiger partial charge on any atom is -0.497 e. The number of carbonyl (C=O) groups excluding carboxylic acids is 1. The molecule has 28 heavy (non-hydrogen) atoms. The van der Waals surface area contributed by atoms with E-state index in [1.807, 2.05) is 0 Å². The Bertz CT molecular complexity index is 933. The van der Waals surface area contributed by atoms with Crippen LogP contribution in [0.1, 0.15) is 0 Å². The van der Waals surface area contributed by atoms with E-state index in [4.69, 9.17) is 9.47 Å².